The number of carboxylic acid groups (broad SMARTS) is 1. The number of amides is 3. The Morgan fingerprint density at radius 1 is 1.05 bits per heavy atom. The fourth-order valence-electron chi connectivity index (χ4n) is 4.34. The van der Waals surface area contributed by atoms with Gasteiger partial charge in [-0.05, 0) is 76.8 Å². The number of anilines is 2. The summed E-state index contributed by atoms with van der Waals surface area (Å²) < 4.78 is 11.1. The van der Waals surface area contributed by atoms with Gasteiger partial charge >= 0.3 is 12.1 Å². The molecule has 1 aromatic carbocycles. The number of furan rings is 1. The van der Waals surface area contributed by atoms with Crippen molar-refractivity contribution in [1.29, 1.82) is 0 Å². The summed E-state index contributed by atoms with van der Waals surface area (Å²) in [7, 11) is 0. The lowest BCUT2D eigenvalue weighted by atomic mass is 9.85. The quantitative estimate of drug-likeness (QED) is 0.311. The number of carbonyl (C=O) groups is 4. The lowest BCUT2D eigenvalue weighted by Gasteiger charge is -2.29. The maximum atomic E-state index is 13.3. The monoisotopic (exact) mass is 556 g/mol. The Balaban J connectivity index is 1.51. The van der Waals surface area contributed by atoms with E-state index in [1.807, 2.05) is 0 Å². The molecule has 0 spiro atoms. The Bertz CT molecular complexity index is 1400. The zero-order valence-corrected chi connectivity index (χ0v) is 22.4. The second-order valence-corrected chi connectivity index (χ2v) is 10.8. The number of aromatic nitrogens is 1. The zero-order chi connectivity index (χ0) is 28.3. The molecular formula is C27H29ClN4O7. The molecule has 3 aromatic rings. The maximum absolute atomic E-state index is 13.3. The molecule has 1 saturated carbocycles. The Labute approximate surface area is 229 Å². The van der Waals surface area contributed by atoms with Gasteiger partial charge in [0.1, 0.15) is 22.7 Å². The van der Waals surface area contributed by atoms with Crippen molar-refractivity contribution >= 4 is 58.0 Å². The van der Waals surface area contributed by atoms with Crippen LogP contribution in [0.3, 0.4) is 0 Å². The number of aromatic carboxylic acids is 1. The van der Waals surface area contributed by atoms with E-state index >= 15 is 0 Å². The summed E-state index contributed by atoms with van der Waals surface area (Å²) in [6.45, 7) is 5.36. The van der Waals surface area contributed by atoms with E-state index in [1.165, 1.54) is 30.5 Å². The predicted octanol–water partition coefficient (Wildman–Crippen LogP) is 5.45. The highest BCUT2D eigenvalue weighted by molar-refractivity contribution is 6.30. The number of hydrogen-bond donors (Lipinski definition) is 4. The van der Waals surface area contributed by atoms with Crippen molar-refractivity contribution in [2.24, 2.45) is 5.92 Å². The molecule has 2 heterocycles. The van der Waals surface area contributed by atoms with Crippen molar-refractivity contribution in [1.82, 2.24) is 10.3 Å². The van der Waals surface area contributed by atoms with E-state index in [0.717, 1.165) is 0 Å². The number of alkyl carbamates (subject to hydrolysis) is 1. The van der Waals surface area contributed by atoms with Gasteiger partial charge in [0.2, 0.25) is 11.7 Å². The average molecular weight is 557 g/mol. The lowest BCUT2D eigenvalue weighted by Crippen LogP contribution is -2.42. The predicted molar refractivity (Wildman–Crippen MR) is 144 cm³/mol. The first-order chi connectivity index (χ1) is 18.4. The van der Waals surface area contributed by atoms with E-state index in [1.54, 1.807) is 26.8 Å². The van der Waals surface area contributed by atoms with Gasteiger partial charge in [0.25, 0.3) is 5.91 Å². The van der Waals surface area contributed by atoms with Crippen molar-refractivity contribution in [3.05, 3.63) is 52.9 Å². The van der Waals surface area contributed by atoms with Crippen molar-refractivity contribution in [2.45, 2.75) is 58.1 Å². The van der Waals surface area contributed by atoms with Crippen molar-refractivity contribution < 1.29 is 33.4 Å². The third-order valence-electron chi connectivity index (χ3n) is 6.18. The van der Waals surface area contributed by atoms with Crippen LogP contribution in [0.1, 0.15) is 67.4 Å². The number of nitrogens with zero attached hydrogens (tertiary/aromatic N) is 1. The maximum Gasteiger partial charge on any atom is 0.407 e. The largest absolute Gasteiger partial charge is 0.478 e. The van der Waals surface area contributed by atoms with Gasteiger partial charge in [-0.1, -0.05) is 11.6 Å². The van der Waals surface area contributed by atoms with Crippen LogP contribution < -0.4 is 16.0 Å². The van der Waals surface area contributed by atoms with Crippen LogP contribution in [0.15, 0.2) is 40.9 Å². The molecule has 2 aromatic heterocycles. The summed E-state index contributed by atoms with van der Waals surface area (Å²) >= 11 is 5.86. The Hall–Kier alpha value is -4.12. The van der Waals surface area contributed by atoms with Crippen LogP contribution in [0.2, 0.25) is 5.02 Å². The highest BCUT2D eigenvalue weighted by Gasteiger charge is 2.31. The molecular weight excluding hydrogens is 528 g/mol. The molecule has 0 aliphatic heterocycles. The van der Waals surface area contributed by atoms with Gasteiger partial charge in [-0.2, -0.15) is 0 Å². The molecule has 0 radical (unpaired) electrons. The number of carbonyl (C=O) groups excluding carboxylic acids is 3. The lowest BCUT2D eigenvalue weighted by molar-refractivity contribution is -0.120. The zero-order valence-electron chi connectivity index (χ0n) is 21.7. The van der Waals surface area contributed by atoms with Crippen LogP contribution >= 0.6 is 11.6 Å². The van der Waals surface area contributed by atoms with Crippen LogP contribution in [0.4, 0.5) is 16.3 Å². The number of benzene rings is 1. The number of rotatable bonds is 6. The first kappa shape index (κ1) is 27.9. The number of halogens is 1. The summed E-state index contributed by atoms with van der Waals surface area (Å²) in [5, 5.41) is 18.3. The smallest absolute Gasteiger partial charge is 0.407 e. The van der Waals surface area contributed by atoms with Crippen LogP contribution in [0.25, 0.3) is 11.0 Å². The first-order valence-electron chi connectivity index (χ1n) is 12.4. The molecule has 1 fully saturated rings. The normalized spacial score (nSPS) is 17.3. The van der Waals surface area contributed by atoms with E-state index in [4.69, 9.17) is 20.8 Å². The fraction of sp³-hybridized carbons (Fsp3) is 0.370. The van der Waals surface area contributed by atoms with E-state index < -0.39 is 23.6 Å². The third-order valence-corrected chi connectivity index (χ3v) is 6.40. The van der Waals surface area contributed by atoms with Crippen LogP contribution in [0, 0.1) is 5.92 Å². The van der Waals surface area contributed by atoms with Gasteiger partial charge in [-0.3, -0.25) is 9.59 Å². The van der Waals surface area contributed by atoms with Crippen molar-refractivity contribution in [3.63, 3.8) is 0 Å². The summed E-state index contributed by atoms with van der Waals surface area (Å²) in [4.78, 5) is 54.1. The van der Waals surface area contributed by atoms with Crippen molar-refractivity contribution in [3.8, 4) is 0 Å². The standard InChI is InChI=1S/C27H29ClN4O7/c1-27(2,3)39-26(37)30-17-8-4-14(5-9-17)23(33)32-21-18-12-15(25(35)36)6-10-19(18)38-22(21)24(34)31-20-11-7-16(28)13-29-20/h6-7,10-14,17H,4-5,8-9H2,1-3H3,(H,30,37)(H,32,33)(H,35,36)(H,29,31,34). The van der Waals surface area contributed by atoms with E-state index in [9.17, 15) is 24.3 Å². The van der Waals surface area contributed by atoms with Gasteiger partial charge < -0.3 is 30.2 Å². The Morgan fingerprint density at radius 2 is 1.77 bits per heavy atom. The molecule has 11 nitrogen and oxygen atoms in total. The molecule has 3 amide bonds. The van der Waals surface area contributed by atoms with Crippen LogP contribution in [-0.4, -0.2) is 45.6 Å². The molecule has 1 aliphatic rings. The van der Waals surface area contributed by atoms with Crippen molar-refractivity contribution in [2.75, 3.05) is 10.6 Å². The second-order valence-electron chi connectivity index (χ2n) is 10.3. The fourth-order valence-corrected chi connectivity index (χ4v) is 4.45. The number of nitrogens with one attached hydrogen (secondary N) is 3. The first-order valence-corrected chi connectivity index (χ1v) is 12.8. The number of pyridine rings is 1. The Morgan fingerprint density at radius 3 is 2.38 bits per heavy atom. The van der Waals surface area contributed by atoms with Gasteiger partial charge in [-0.15, -0.1) is 0 Å². The summed E-state index contributed by atoms with van der Waals surface area (Å²) in [5.41, 5.74) is -0.338. The SMILES string of the molecule is CC(C)(C)OC(=O)NC1CCC(C(=O)Nc2c(C(=O)Nc3ccc(Cl)cn3)oc3ccc(C(=O)O)cc23)CC1. The van der Waals surface area contributed by atoms with E-state index in [-0.39, 0.29) is 51.7 Å². The van der Waals surface area contributed by atoms with Gasteiger partial charge in [0, 0.05) is 23.5 Å². The number of ether oxygens (including phenoxy) is 1. The molecule has 4 N–H and O–H groups in total. The number of carboxylic acids is 1. The van der Waals surface area contributed by atoms with E-state index in [0.29, 0.717) is 30.7 Å². The van der Waals surface area contributed by atoms with Gasteiger partial charge in [-0.25, -0.2) is 14.6 Å². The molecule has 0 saturated heterocycles. The molecule has 0 bridgehead atoms. The van der Waals surface area contributed by atoms with Crippen LogP contribution in [-0.2, 0) is 9.53 Å². The summed E-state index contributed by atoms with van der Waals surface area (Å²) in [6, 6.07) is 7.06. The highest BCUT2D eigenvalue weighted by Crippen LogP contribution is 2.34. The molecule has 1 aliphatic carbocycles. The van der Waals surface area contributed by atoms with Gasteiger partial charge in [0.05, 0.1) is 10.6 Å². The van der Waals surface area contributed by atoms with Gasteiger partial charge in [0.15, 0.2) is 0 Å². The minimum atomic E-state index is -1.16. The minimum Gasteiger partial charge on any atom is -0.478 e. The number of fused-ring (bicyclic) bond motifs is 1. The second kappa shape index (κ2) is 11.3. The summed E-state index contributed by atoms with van der Waals surface area (Å²) in [6.07, 6.45) is 3.01. The molecule has 0 atom stereocenters. The van der Waals surface area contributed by atoms with Crippen LogP contribution in [0.5, 0.6) is 0 Å². The molecule has 12 heteroatoms. The molecule has 39 heavy (non-hydrogen) atoms. The Kier molecular flexibility index (Phi) is 8.10. The topological polar surface area (TPSA) is 160 Å². The molecule has 4 rings (SSSR count). The number of hydrogen-bond acceptors (Lipinski definition) is 7. The highest BCUT2D eigenvalue weighted by atomic mass is 35.5. The molecule has 206 valence electrons. The van der Waals surface area contributed by atoms with E-state index in [2.05, 4.69) is 20.9 Å². The third kappa shape index (κ3) is 7.05. The molecule has 0 unspecified atom stereocenters. The average Bonchev–Trinajstić information content (AvgIpc) is 3.22. The minimum absolute atomic E-state index is 0.0288. The summed E-state index contributed by atoms with van der Waals surface area (Å²) in [5.74, 6) is -2.56.